The second kappa shape index (κ2) is 9.30. The Morgan fingerprint density at radius 2 is 1.81 bits per heavy atom. The van der Waals surface area contributed by atoms with E-state index in [4.69, 9.17) is 10.8 Å². The predicted octanol–water partition coefficient (Wildman–Crippen LogP) is 2.24. The molecule has 0 radical (unpaired) electrons. The van der Waals surface area contributed by atoms with Crippen molar-refractivity contribution in [2.24, 2.45) is 11.7 Å². The molecule has 21 heavy (non-hydrogen) atoms. The molecule has 1 amide bonds. The summed E-state index contributed by atoms with van der Waals surface area (Å²) in [6, 6.07) is -0.841. The van der Waals surface area contributed by atoms with Gasteiger partial charge in [-0.25, -0.2) is 0 Å². The lowest BCUT2D eigenvalue weighted by atomic mass is 10.0. The van der Waals surface area contributed by atoms with Gasteiger partial charge in [0.05, 0.1) is 5.75 Å². The maximum Gasteiger partial charge on any atom is 0.321 e. The van der Waals surface area contributed by atoms with E-state index in [-0.39, 0.29) is 17.7 Å². The van der Waals surface area contributed by atoms with Crippen LogP contribution in [0.25, 0.3) is 0 Å². The van der Waals surface area contributed by atoms with E-state index in [2.05, 4.69) is 19.2 Å². The van der Waals surface area contributed by atoms with E-state index in [1.54, 1.807) is 13.8 Å². The van der Waals surface area contributed by atoms with Gasteiger partial charge in [0.2, 0.25) is 5.91 Å². The Hall–Kier alpha value is -0.750. The molecule has 0 aromatic heterocycles. The molecule has 0 saturated heterocycles. The van der Waals surface area contributed by atoms with Crippen molar-refractivity contribution < 1.29 is 14.7 Å². The first-order chi connectivity index (χ1) is 9.56. The summed E-state index contributed by atoms with van der Waals surface area (Å²) in [7, 11) is 0. The van der Waals surface area contributed by atoms with Crippen LogP contribution in [0, 0.1) is 5.92 Å². The number of carbonyl (C=O) groups is 2. The number of amides is 1. The molecule has 4 N–H and O–H groups in total. The van der Waals surface area contributed by atoms with Crippen molar-refractivity contribution in [3.8, 4) is 0 Å². The fraction of sp³-hybridized carbons (Fsp3) is 0.867. The lowest BCUT2D eigenvalue weighted by molar-refractivity contribution is -0.139. The normalized spacial score (nSPS) is 14.8. The number of nitrogens with one attached hydrogen (secondary N) is 1. The zero-order valence-electron chi connectivity index (χ0n) is 13.8. The molecule has 0 fully saturated rings. The van der Waals surface area contributed by atoms with Gasteiger partial charge in [0.15, 0.2) is 0 Å². The summed E-state index contributed by atoms with van der Waals surface area (Å²) in [5, 5.41) is 11.9. The molecule has 0 spiro atoms. The third-order valence-corrected chi connectivity index (χ3v) is 4.82. The Balaban J connectivity index is 4.06. The lowest BCUT2D eigenvalue weighted by Crippen LogP contribution is -2.47. The highest BCUT2D eigenvalue weighted by Gasteiger charge is 2.33. The molecular weight excluding hydrogens is 288 g/mol. The van der Waals surface area contributed by atoms with Gasteiger partial charge in [0.25, 0.3) is 0 Å². The molecule has 0 aliphatic heterocycles. The molecule has 124 valence electrons. The lowest BCUT2D eigenvalue weighted by Gasteiger charge is -2.28. The Morgan fingerprint density at radius 1 is 1.24 bits per heavy atom. The number of carboxylic acids is 1. The number of rotatable bonds is 10. The van der Waals surface area contributed by atoms with E-state index < -0.39 is 16.8 Å². The summed E-state index contributed by atoms with van der Waals surface area (Å²) in [5.41, 5.74) is 5.62. The van der Waals surface area contributed by atoms with E-state index in [0.717, 1.165) is 19.3 Å². The van der Waals surface area contributed by atoms with Crippen molar-refractivity contribution in [3.05, 3.63) is 0 Å². The Labute approximate surface area is 132 Å². The first-order valence-corrected chi connectivity index (χ1v) is 8.46. The minimum atomic E-state index is -1.05. The van der Waals surface area contributed by atoms with Crippen LogP contribution in [-0.4, -0.2) is 39.6 Å². The van der Waals surface area contributed by atoms with Gasteiger partial charge in [-0.05, 0) is 33.1 Å². The van der Waals surface area contributed by atoms with Crippen molar-refractivity contribution in [2.45, 2.75) is 70.7 Å². The standard InChI is InChI=1S/C15H30N2O3S/c1-10(2)7-6-8-11(3)17-12(18)9-21-15(4,5)13(16)14(19)20/h10-11,13H,6-9,16H2,1-5H3,(H,17,18)(H,19,20)/t11?,13-/m1/s1. The number of hydrogen-bond donors (Lipinski definition) is 3. The van der Waals surface area contributed by atoms with E-state index in [9.17, 15) is 9.59 Å². The molecule has 6 heteroatoms. The molecule has 5 nitrogen and oxygen atoms in total. The Bertz CT molecular complexity index is 346. The second-order valence-corrected chi connectivity index (χ2v) is 8.13. The van der Waals surface area contributed by atoms with E-state index in [0.29, 0.717) is 5.92 Å². The third kappa shape index (κ3) is 8.98. The quantitative estimate of drug-likeness (QED) is 0.574. The van der Waals surface area contributed by atoms with Crippen molar-refractivity contribution in [3.63, 3.8) is 0 Å². The highest BCUT2D eigenvalue weighted by atomic mass is 32.2. The van der Waals surface area contributed by atoms with Gasteiger partial charge in [-0.1, -0.05) is 26.7 Å². The molecule has 2 atom stereocenters. The van der Waals surface area contributed by atoms with Crippen molar-refractivity contribution in [1.82, 2.24) is 5.32 Å². The summed E-state index contributed by atoms with van der Waals surface area (Å²) in [6.07, 6.45) is 3.23. The van der Waals surface area contributed by atoms with Gasteiger partial charge in [-0.15, -0.1) is 11.8 Å². The van der Waals surface area contributed by atoms with Crippen LogP contribution in [0.3, 0.4) is 0 Å². The smallest absolute Gasteiger partial charge is 0.321 e. The zero-order chi connectivity index (χ0) is 16.6. The molecule has 0 rings (SSSR count). The largest absolute Gasteiger partial charge is 0.480 e. The van der Waals surface area contributed by atoms with Crippen LogP contribution in [0.2, 0.25) is 0 Å². The minimum Gasteiger partial charge on any atom is -0.480 e. The SMILES string of the molecule is CC(C)CCCC(C)NC(=O)CSC(C)(C)[C@H](N)C(=O)O. The van der Waals surface area contributed by atoms with Crippen molar-refractivity contribution in [1.29, 1.82) is 0 Å². The number of hydrogen-bond acceptors (Lipinski definition) is 4. The number of aliphatic carboxylic acids is 1. The molecular formula is C15H30N2O3S. The Morgan fingerprint density at radius 3 is 2.29 bits per heavy atom. The van der Waals surface area contributed by atoms with Crippen LogP contribution < -0.4 is 11.1 Å². The van der Waals surface area contributed by atoms with Gasteiger partial charge >= 0.3 is 5.97 Å². The van der Waals surface area contributed by atoms with Crippen molar-refractivity contribution >= 4 is 23.6 Å². The number of carboxylic acid groups (broad SMARTS) is 1. The van der Waals surface area contributed by atoms with Crippen LogP contribution in [0.15, 0.2) is 0 Å². The minimum absolute atomic E-state index is 0.0669. The Kier molecular flexibility index (Phi) is 8.97. The summed E-state index contributed by atoms with van der Waals surface area (Å²) in [5.74, 6) is -0.206. The number of nitrogens with two attached hydrogens (primary N) is 1. The fourth-order valence-corrected chi connectivity index (χ4v) is 2.73. The average Bonchev–Trinajstić information content (AvgIpc) is 2.34. The molecule has 0 saturated carbocycles. The van der Waals surface area contributed by atoms with Crippen LogP contribution in [-0.2, 0) is 9.59 Å². The monoisotopic (exact) mass is 318 g/mol. The van der Waals surface area contributed by atoms with E-state index in [1.807, 2.05) is 6.92 Å². The third-order valence-electron chi connectivity index (χ3n) is 3.42. The molecule has 0 heterocycles. The maximum absolute atomic E-state index is 11.9. The van der Waals surface area contributed by atoms with Crippen LogP contribution in [0.5, 0.6) is 0 Å². The highest BCUT2D eigenvalue weighted by Crippen LogP contribution is 2.27. The van der Waals surface area contributed by atoms with E-state index >= 15 is 0 Å². The van der Waals surface area contributed by atoms with Crippen LogP contribution in [0.4, 0.5) is 0 Å². The first kappa shape index (κ1) is 20.2. The average molecular weight is 318 g/mol. The summed E-state index contributed by atoms with van der Waals surface area (Å²) < 4.78 is -0.677. The van der Waals surface area contributed by atoms with Gasteiger partial charge in [0, 0.05) is 10.8 Å². The number of thioether (sulfide) groups is 1. The van der Waals surface area contributed by atoms with E-state index in [1.165, 1.54) is 11.8 Å². The first-order valence-electron chi connectivity index (χ1n) is 7.48. The topological polar surface area (TPSA) is 92.4 Å². The molecule has 1 unspecified atom stereocenters. The maximum atomic E-state index is 11.9. The summed E-state index contributed by atoms with van der Waals surface area (Å²) in [6.45, 7) is 9.87. The van der Waals surface area contributed by atoms with Crippen LogP contribution in [0.1, 0.15) is 53.9 Å². The number of carbonyl (C=O) groups excluding carboxylic acids is 1. The van der Waals surface area contributed by atoms with Crippen LogP contribution >= 0.6 is 11.8 Å². The van der Waals surface area contributed by atoms with Gasteiger partial charge < -0.3 is 16.2 Å². The fourth-order valence-electron chi connectivity index (χ4n) is 1.86. The van der Waals surface area contributed by atoms with Gasteiger partial charge in [-0.2, -0.15) is 0 Å². The molecule has 0 bridgehead atoms. The molecule has 0 aliphatic carbocycles. The second-order valence-electron chi connectivity index (χ2n) is 6.50. The predicted molar refractivity (Wildman–Crippen MR) is 88.4 cm³/mol. The molecule has 0 aliphatic rings. The highest BCUT2D eigenvalue weighted by molar-refractivity contribution is 8.01. The molecule has 0 aromatic carbocycles. The molecule has 0 aromatic rings. The van der Waals surface area contributed by atoms with Gasteiger partial charge in [0.1, 0.15) is 6.04 Å². The van der Waals surface area contributed by atoms with Gasteiger partial charge in [-0.3, -0.25) is 9.59 Å². The van der Waals surface area contributed by atoms with Crippen molar-refractivity contribution in [2.75, 3.05) is 5.75 Å². The summed E-state index contributed by atoms with van der Waals surface area (Å²) in [4.78, 5) is 22.8. The summed E-state index contributed by atoms with van der Waals surface area (Å²) >= 11 is 1.28. The zero-order valence-corrected chi connectivity index (χ0v) is 14.6.